The van der Waals surface area contributed by atoms with Gasteiger partial charge in [0.2, 0.25) is 0 Å². The molecule has 1 aliphatic heterocycles. The summed E-state index contributed by atoms with van der Waals surface area (Å²) in [4.78, 5) is 4.30. The molecular weight excluding hydrogens is 150 g/mol. The zero-order valence-electron chi connectivity index (χ0n) is 8.22. The number of aliphatic imine (C=N–C) groups is 1. The first-order chi connectivity index (χ1) is 5.74. The van der Waals surface area contributed by atoms with Crippen LogP contribution in [0.5, 0.6) is 0 Å². The molecule has 0 aromatic heterocycles. The van der Waals surface area contributed by atoms with Gasteiger partial charge >= 0.3 is 0 Å². The topological polar surface area (TPSA) is 36.4 Å². The largest absolute Gasteiger partial charge is 0.355 e. The van der Waals surface area contributed by atoms with E-state index in [1.165, 1.54) is 0 Å². The van der Waals surface area contributed by atoms with E-state index in [0.29, 0.717) is 12.0 Å². The summed E-state index contributed by atoms with van der Waals surface area (Å²) in [5, 5.41) is 6.62. The van der Waals surface area contributed by atoms with Gasteiger partial charge in [0, 0.05) is 12.6 Å². The molecule has 12 heavy (non-hydrogen) atoms. The molecule has 0 saturated carbocycles. The summed E-state index contributed by atoms with van der Waals surface area (Å²) in [6, 6.07) is 0.550. The Hall–Kier alpha value is -0.730. The first-order valence-corrected chi connectivity index (χ1v) is 4.79. The molecular formula is C9H19N3. The lowest BCUT2D eigenvalue weighted by Gasteiger charge is -2.21. The van der Waals surface area contributed by atoms with Crippen LogP contribution in [-0.4, -0.2) is 25.1 Å². The molecule has 0 aromatic carbocycles. The van der Waals surface area contributed by atoms with Gasteiger partial charge in [0.25, 0.3) is 0 Å². The van der Waals surface area contributed by atoms with Crippen LogP contribution >= 0.6 is 0 Å². The summed E-state index contributed by atoms with van der Waals surface area (Å²) < 4.78 is 0. The second kappa shape index (κ2) is 4.33. The van der Waals surface area contributed by atoms with Crippen LogP contribution in [0.3, 0.4) is 0 Å². The van der Waals surface area contributed by atoms with E-state index in [0.717, 1.165) is 25.5 Å². The van der Waals surface area contributed by atoms with E-state index in [2.05, 4.69) is 36.4 Å². The highest BCUT2D eigenvalue weighted by Gasteiger charge is 2.13. The number of hydrogen-bond donors (Lipinski definition) is 2. The molecule has 0 aromatic rings. The summed E-state index contributed by atoms with van der Waals surface area (Å²) in [5.74, 6) is 1.65. The molecule has 0 radical (unpaired) electrons. The Labute approximate surface area is 74.6 Å². The number of rotatable bonds is 3. The Bertz CT molecular complexity index is 163. The Morgan fingerprint density at radius 1 is 1.58 bits per heavy atom. The predicted octanol–water partition coefficient (Wildman–Crippen LogP) is 0.970. The monoisotopic (exact) mass is 169 g/mol. The van der Waals surface area contributed by atoms with Gasteiger partial charge in [0.1, 0.15) is 0 Å². The van der Waals surface area contributed by atoms with Crippen LogP contribution in [0, 0.1) is 5.92 Å². The van der Waals surface area contributed by atoms with E-state index >= 15 is 0 Å². The molecule has 3 nitrogen and oxygen atoms in total. The maximum absolute atomic E-state index is 4.30. The maximum Gasteiger partial charge on any atom is 0.191 e. The summed E-state index contributed by atoms with van der Waals surface area (Å²) in [6.45, 7) is 8.56. The second-order valence-corrected chi connectivity index (χ2v) is 3.56. The van der Waals surface area contributed by atoms with Gasteiger partial charge in [-0.2, -0.15) is 0 Å². The van der Waals surface area contributed by atoms with Gasteiger partial charge in [-0.1, -0.05) is 20.8 Å². The van der Waals surface area contributed by atoms with Crippen LogP contribution in [0.25, 0.3) is 0 Å². The molecule has 2 N–H and O–H groups in total. The molecule has 0 aliphatic carbocycles. The Kier molecular flexibility index (Phi) is 3.38. The third kappa shape index (κ3) is 2.40. The van der Waals surface area contributed by atoms with E-state index < -0.39 is 0 Å². The van der Waals surface area contributed by atoms with Crippen molar-refractivity contribution in [3.05, 3.63) is 0 Å². The number of hydrogen-bond acceptors (Lipinski definition) is 3. The van der Waals surface area contributed by atoms with Crippen LogP contribution in [0.15, 0.2) is 4.99 Å². The molecule has 0 amide bonds. The van der Waals surface area contributed by atoms with E-state index in [4.69, 9.17) is 0 Å². The molecule has 1 atom stereocenters. The van der Waals surface area contributed by atoms with E-state index in [1.807, 2.05) is 0 Å². The second-order valence-electron chi connectivity index (χ2n) is 3.56. The third-order valence-electron chi connectivity index (χ3n) is 2.24. The Morgan fingerprint density at radius 3 is 2.75 bits per heavy atom. The number of nitrogens with one attached hydrogen (secondary N) is 2. The lowest BCUT2D eigenvalue weighted by Crippen LogP contribution is -2.43. The normalized spacial score (nSPS) is 18.8. The standard InChI is InChI=1S/C9H19N3/c1-4-8(7(2)3)12-9-10-5-6-11-9/h7-8H,4-6H2,1-3H3,(H2,10,11,12). The zero-order valence-corrected chi connectivity index (χ0v) is 8.22. The molecule has 1 rings (SSSR count). The SMILES string of the molecule is CCC(NC1=NCCN1)C(C)C. The van der Waals surface area contributed by atoms with Crippen molar-refractivity contribution in [1.29, 1.82) is 0 Å². The number of nitrogens with zero attached hydrogens (tertiary/aromatic N) is 1. The summed E-state index contributed by atoms with van der Waals surface area (Å²) in [5.41, 5.74) is 0. The van der Waals surface area contributed by atoms with E-state index in [1.54, 1.807) is 0 Å². The molecule has 70 valence electrons. The predicted molar refractivity (Wildman–Crippen MR) is 52.4 cm³/mol. The van der Waals surface area contributed by atoms with Crippen LogP contribution in [-0.2, 0) is 0 Å². The minimum atomic E-state index is 0.550. The van der Waals surface area contributed by atoms with Gasteiger partial charge in [-0.05, 0) is 12.3 Å². The van der Waals surface area contributed by atoms with E-state index in [9.17, 15) is 0 Å². The minimum Gasteiger partial charge on any atom is -0.355 e. The average molecular weight is 169 g/mol. The fourth-order valence-electron chi connectivity index (χ4n) is 1.41. The lowest BCUT2D eigenvalue weighted by molar-refractivity contribution is 0.439. The quantitative estimate of drug-likeness (QED) is 0.660. The van der Waals surface area contributed by atoms with Gasteiger partial charge in [-0.15, -0.1) is 0 Å². The molecule has 1 unspecified atom stereocenters. The molecule has 0 bridgehead atoms. The summed E-state index contributed by atoms with van der Waals surface area (Å²) in [6.07, 6.45) is 1.15. The fourth-order valence-corrected chi connectivity index (χ4v) is 1.41. The molecule has 1 heterocycles. The van der Waals surface area contributed by atoms with Gasteiger partial charge in [-0.25, -0.2) is 0 Å². The van der Waals surface area contributed by atoms with Crippen LogP contribution in [0.2, 0.25) is 0 Å². The van der Waals surface area contributed by atoms with Gasteiger partial charge in [0.15, 0.2) is 5.96 Å². The first kappa shape index (κ1) is 9.36. The molecule has 1 aliphatic rings. The molecule has 0 spiro atoms. The van der Waals surface area contributed by atoms with Crippen molar-refractivity contribution >= 4 is 5.96 Å². The Balaban J connectivity index is 2.36. The molecule has 0 saturated heterocycles. The van der Waals surface area contributed by atoms with Gasteiger partial charge < -0.3 is 10.6 Å². The van der Waals surface area contributed by atoms with Crippen molar-refractivity contribution in [1.82, 2.24) is 10.6 Å². The highest BCUT2D eigenvalue weighted by atomic mass is 15.2. The van der Waals surface area contributed by atoms with E-state index in [-0.39, 0.29) is 0 Å². The van der Waals surface area contributed by atoms with Crippen LogP contribution < -0.4 is 10.6 Å². The fraction of sp³-hybridized carbons (Fsp3) is 0.889. The molecule has 3 heteroatoms. The summed E-state index contributed by atoms with van der Waals surface area (Å²) in [7, 11) is 0. The zero-order chi connectivity index (χ0) is 8.97. The van der Waals surface area contributed by atoms with Crippen LogP contribution in [0.4, 0.5) is 0 Å². The maximum atomic E-state index is 4.30. The van der Waals surface area contributed by atoms with Gasteiger partial charge in [-0.3, -0.25) is 4.99 Å². The van der Waals surface area contributed by atoms with Crippen molar-refractivity contribution in [2.75, 3.05) is 13.1 Å². The van der Waals surface area contributed by atoms with Crippen LogP contribution in [0.1, 0.15) is 27.2 Å². The van der Waals surface area contributed by atoms with Crippen molar-refractivity contribution in [2.24, 2.45) is 10.9 Å². The lowest BCUT2D eigenvalue weighted by atomic mass is 10.0. The molecule has 0 fully saturated rings. The van der Waals surface area contributed by atoms with Crippen molar-refractivity contribution in [2.45, 2.75) is 33.2 Å². The highest BCUT2D eigenvalue weighted by Crippen LogP contribution is 2.05. The van der Waals surface area contributed by atoms with Crippen molar-refractivity contribution in [3.63, 3.8) is 0 Å². The minimum absolute atomic E-state index is 0.550. The van der Waals surface area contributed by atoms with Crippen molar-refractivity contribution < 1.29 is 0 Å². The Morgan fingerprint density at radius 2 is 2.33 bits per heavy atom. The van der Waals surface area contributed by atoms with Crippen molar-refractivity contribution in [3.8, 4) is 0 Å². The first-order valence-electron chi connectivity index (χ1n) is 4.79. The number of guanidine groups is 1. The highest BCUT2D eigenvalue weighted by molar-refractivity contribution is 5.81. The third-order valence-corrected chi connectivity index (χ3v) is 2.24. The summed E-state index contributed by atoms with van der Waals surface area (Å²) >= 11 is 0. The smallest absolute Gasteiger partial charge is 0.191 e. The average Bonchev–Trinajstić information content (AvgIpc) is 2.51. The van der Waals surface area contributed by atoms with Gasteiger partial charge in [0.05, 0.1) is 6.54 Å².